The van der Waals surface area contributed by atoms with Gasteiger partial charge in [0, 0.05) is 43.5 Å². The largest absolute Gasteiger partial charge is 0.481 e. The summed E-state index contributed by atoms with van der Waals surface area (Å²) in [6.07, 6.45) is 22.6. The molecule has 5 rings (SSSR count). The zero-order chi connectivity index (χ0) is 32.8. The van der Waals surface area contributed by atoms with Gasteiger partial charge < -0.3 is 33.5 Å². The van der Waals surface area contributed by atoms with E-state index in [2.05, 4.69) is 53.2 Å². The van der Waals surface area contributed by atoms with E-state index in [-0.39, 0.29) is 55.4 Å². The van der Waals surface area contributed by atoms with Gasteiger partial charge in [-0.3, -0.25) is 4.79 Å². The Labute approximate surface area is 293 Å². The second-order valence-corrected chi connectivity index (χ2v) is 15.9. The van der Waals surface area contributed by atoms with Crippen LogP contribution in [-0.2, 0) is 39.6 Å². The molecule has 3 aliphatic heterocycles. The number of rotatable bonds is 17. The van der Waals surface area contributed by atoms with Crippen molar-refractivity contribution in [2.45, 2.75) is 147 Å². The number of thiophene rings is 1. The van der Waals surface area contributed by atoms with E-state index in [9.17, 15) is 4.79 Å². The maximum atomic E-state index is 11.0. The fraction of sp³-hybridized carbons (Fsp3) is 0.757. The lowest BCUT2D eigenvalue weighted by Gasteiger charge is -2.30. The van der Waals surface area contributed by atoms with E-state index in [0.29, 0.717) is 6.42 Å². The first-order valence-electron chi connectivity index (χ1n) is 18.1. The van der Waals surface area contributed by atoms with Gasteiger partial charge in [0.25, 0.3) is 0 Å². The summed E-state index contributed by atoms with van der Waals surface area (Å²) in [5, 5.41) is 9.05. The molecule has 1 aliphatic carbocycles. The van der Waals surface area contributed by atoms with Crippen LogP contribution in [0.1, 0.15) is 107 Å². The average Bonchev–Trinajstić information content (AvgIpc) is 3.57. The predicted molar refractivity (Wildman–Crippen MR) is 186 cm³/mol. The van der Waals surface area contributed by atoms with Crippen LogP contribution in [-0.4, -0.2) is 68.1 Å². The van der Waals surface area contributed by atoms with Crippen molar-refractivity contribution >= 4 is 33.2 Å². The first-order valence-corrected chi connectivity index (χ1v) is 19.7. The Hall–Kier alpha value is -1.11. The molecule has 8 nitrogen and oxygen atoms in total. The highest BCUT2D eigenvalue weighted by Crippen LogP contribution is 2.42. The van der Waals surface area contributed by atoms with Crippen LogP contribution in [0.15, 0.2) is 34.2 Å². The Morgan fingerprint density at radius 3 is 2.23 bits per heavy atom. The summed E-state index contributed by atoms with van der Waals surface area (Å²) in [7, 11) is 0. The molecule has 4 fully saturated rings. The van der Waals surface area contributed by atoms with Crippen molar-refractivity contribution in [1.29, 1.82) is 0 Å². The van der Waals surface area contributed by atoms with E-state index in [1.54, 1.807) is 11.3 Å². The topological polar surface area (TPSA) is 92.7 Å². The van der Waals surface area contributed by atoms with E-state index >= 15 is 0 Å². The van der Waals surface area contributed by atoms with Gasteiger partial charge in [-0.05, 0) is 130 Å². The van der Waals surface area contributed by atoms with Crippen LogP contribution in [0, 0.1) is 18.8 Å². The van der Waals surface area contributed by atoms with Gasteiger partial charge >= 0.3 is 5.97 Å². The van der Waals surface area contributed by atoms with Crippen molar-refractivity contribution in [2.75, 3.05) is 19.8 Å². The second-order valence-electron chi connectivity index (χ2n) is 13.5. The van der Waals surface area contributed by atoms with Crippen LogP contribution in [0.4, 0.5) is 0 Å². The number of aryl methyl sites for hydroxylation is 2. The molecule has 3 saturated heterocycles. The summed E-state index contributed by atoms with van der Waals surface area (Å²) in [4.78, 5) is 12.4. The number of carboxylic acids is 1. The molecule has 0 radical (unpaired) electrons. The van der Waals surface area contributed by atoms with Crippen LogP contribution in [0.3, 0.4) is 0 Å². The molecule has 1 aromatic heterocycles. The molecule has 4 heterocycles. The molecular weight excluding hydrogens is 684 g/mol. The van der Waals surface area contributed by atoms with E-state index < -0.39 is 5.97 Å². The predicted octanol–water partition coefficient (Wildman–Crippen LogP) is 8.88. The lowest BCUT2D eigenvalue weighted by atomic mass is 9.89. The first-order chi connectivity index (χ1) is 22.9. The zero-order valence-electron chi connectivity index (χ0n) is 28.0. The zero-order valence-corrected chi connectivity index (χ0v) is 30.4. The maximum absolute atomic E-state index is 11.0. The quantitative estimate of drug-likeness (QED) is 0.125. The second kappa shape index (κ2) is 19.9. The molecular formula is C37H55BrO8S. The maximum Gasteiger partial charge on any atom is 0.303 e. The number of aliphatic carboxylic acids is 1. The van der Waals surface area contributed by atoms with Crippen LogP contribution in [0.2, 0.25) is 0 Å². The SMILES string of the molecule is Cc1cc(CCC(/C=C/[C@@H]2[C@@H](C/C=C\CCCC(=O)O)[C@@H](OC3CCCCO3)C[C@H]2OC2CCCCO2)O[C@H]2CCCCO2)sc1Br. The van der Waals surface area contributed by atoms with Crippen molar-refractivity contribution < 1.29 is 38.3 Å². The third-order valence-corrected chi connectivity index (χ3v) is 11.9. The van der Waals surface area contributed by atoms with E-state index in [1.165, 1.54) is 14.2 Å². The molecule has 10 heteroatoms. The summed E-state index contributed by atoms with van der Waals surface area (Å²) in [6, 6.07) is 2.27. The molecule has 47 heavy (non-hydrogen) atoms. The number of hydrogen-bond donors (Lipinski definition) is 1. The summed E-state index contributed by atoms with van der Waals surface area (Å²) in [5.74, 6) is -0.458. The minimum Gasteiger partial charge on any atom is -0.481 e. The van der Waals surface area contributed by atoms with Gasteiger partial charge in [-0.1, -0.05) is 24.3 Å². The van der Waals surface area contributed by atoms with E-state index in [1.807, 2.05) is 0 Å². The first kappa shape index (κ1) is 37.2. The smallest absolute Gasteiger partial charge is 0.303 e. The third-order valence-electron chi connectivity index (χ3n) is 9.73. The van der Waals surface area contributed by atoms with Crippen molar-refractivity contribution in [3.8, 4) is 0 Å². The van der Waals surface area contributed by atoms with Gasteiger partial charge in [0.15, 0.2) is 18.9 Å². The molecule has 1 aromatic rings. The lowest BCUT2D eigenvalue weighted by Crippen LogP contribution is -2.31. The van der Waals surface area contributed by atoms with E-state index in [0.717, 1.165) is 110 Å². The van der Waals surface area contributed by atoms with Gasteiger partial charge in [0.05, 0.1) is 22.1 Å². The van der Waals surface area contributed by atoms with Gasteiger partial charge in [0.2, 0.25) is 0 Å². The minimum atomic E-state index is -0.748. The summed E-state index contributed by atoms with van der Waals surface area (Å²) >= 11 is 5.49. The summed E-state index contributed by atoms with van der Waals surface area (Å²) in [6.45, 7) is 4.38. The number of allylic oxidation sites excluding steroid dienone is 2. The number of halogens is 1. The molecule has 1 N–H and O–H groups in total. The van der Waals surface area contributed by atoms with Crippen molar-refractivity contribution in [3.05, 3.63) is 44.6 Å². The Bertz CT molecular complexity index is 1100. The molecule has 264 valence electrons. The fourth-order valence-electron chi connectivity index (χ4n) is 7.14. The fourth-order valence-corrected chi connectivity index (χ4v) is 8.78. The van der Waals surface area contributed by atoms with Crippen molar-refractivity contribution in [1.82, 2.24) is 0 Å². The molecule has 1 saturated carbocycles. The molecule has 8 atom stereocenters. The number of unbranched alkanes of at least 4 members (excludes halogenated alkanes) is 1. The van der Waals surface area contributed by atoms with Crippen LogP contribution in [0.5, 0.6) is 0 Å². The molecule has 0 bridgehead atoms. The van der Waals surface area contributed by atoms with Gasteiger partial charge in [-0.15, -0.1) is 11.3 Å². The van der Waals surface area contributed by atoms with Crippen molar-refractivity contribution in [2.24, 2.45) is 11.8 Å². The van der Waals surface area contributed by atoms with Gasteiger partial charge in [-0.25, -0.2) is 0 Å². The summed E-state index contributed by atoms with van der Waals surface area (Å²) < 4.78 is 39.4. The number of ether oxygens (including phenoxy) is 6. The highest BCUT2D eigenvalue weighted by atomic mass is 79.9. The Kier molecular flexibility index (Phi) is 15.7. The van der Waals surface area contributed by atoms with Crippen LogP contribution in [0.25, 0.3) is 0 Å². The standard InChI is InChI=1S/C37H55BrO8S/c1-26-24-28(47-37(26)38)19-17-27(44-34-14-6-9-21-41-34)18-20-30-29(12-4-2-3-5-13-33(39)40)31(45-35-15-7-10-22-42-35)25-32(30)46-36-16-8-11-23-43-36/h2,4,18,20,24,27,29-32,34-36H,3,5-17,19,21-23,25H2,1H3,(H,39,40)/b4-2-,20-18+/t27?,29-,30-,31+,32-,34+,35?,36?/m1/s1. The highest BCUT2D eigenvalue weighted by Gasteiger charge is 2.45. The molecule has 0 aromatic carbocycles. The third kappa shape index (κ3) is 12.3. The number of hydrogen-bond acceptors (Lipinski definition) is 8. The molecule has 3 unspecified atom stereocenters. The summed E-state index contributed by atoms with van der Waals surface area (Å²) in [5.41, 5.74) is 1.27. The van der Waals surface area contributed by atoms with Crippen LogP contribution >= 0.6 is 27.3 Å². The average molecular weight is 740 g/mol. The Balaban J connectivity index is 1.35. The van der Waals surface area contributed by atoms with E-state index in [4.69, 9.17) is 33.5 Å². The van der Waals surface area contributed by atoms with Crippen LogP contribution < -0.4 is 0 Å². The number of carbonyl (C=O) groups is 1. The molecule has 0 spiro atoms. The molecule has 0 amide bonds. The van der Waals surface area contributed by atoms with Crippen molar-refractivity contribution in [3.63, 3.8) is 0 Å². The highest BCUT2D eigenvalue weighted by molar-refractivity contribution is 9.11. The lowest BCUT2D eigenvalue weighted by molar-refractivity contribution is -0.203. The molecule has 4 aliphatic rings. The van der Waals surface area contributed by atoms with Gasteiger partial charge in [-0.2, -0.15) is 0 Å². The number of carboxylic acid groups (broad SMARTS) is 1. The Morgan fingerprint density at radius 2 is 1.64 bits per heavy atom. The monoisotopic (exact) mass is 738 g/mol. The Morgan fingerprint density at radius 1 is 0.979 bits per heavy atom. The minimum absolute atomic E-state index is 0.0162. The normalized spacial score (nSPS) is 31.1. The van der Waals surface area contributed by atoms with Gasteiger partial charge in [0.1, 0.15) is 0 Å².